The summed E-state index contributed by atoms with van der Waals surface area (Å²) in [7, 11) is 0. The van der Waals surface area contributed by atoms with Gasteiger partial charge in [0.15, 0.2) is 5.82 Å². The van der Waals surface area contributed by atoms with E-state index in [1.165, 1.54) is 18.5 Å². The molecule has 3 heterocycles. The molecule has 8 nitrogen and oxygen atoms in total. The van der Waals surface area contributed by atoms with E-state index in [0.29, 0.717) is 24.0 Å². The van der Waals surface area contributed by atoms with Gasteiger partial charge >= 0.3 is 0 Å². The lowest BCUT2D eigenvalue weighted by molar-refractivity contribution is 0.0935. The molecule has 152 valence electrons. The quantitative estimate of drug-likeness (QED) is 0.526. The van der Waals surface area contributed by atoms with Crippen LogP contribution >= 0.6 is 0 Å². The smallest absolute Gasteiger partial charge is 0.271 e. The van der Waals surface area contributed by atoms with Crippen LogP contribution in [0.2, 0.25) is 0 Å². The third kappa shape index (κ3) is 4.09. The Morgan fingerprint density at radius 3 is 2.77 bits per heavy atom. The molecule has 1 atom stereocenters. The van der Waals surface area contributed by atoms with Crippen LogP contribution in [0, 0.1) is 5.82 Å². The van der Waals surface area contributed by atoms with Crippen molar-refractivity contribution < 1.29 is 13.7 Å². The van der Waals surface area contributed by atoms with Crippen LogP contribution in [-0.4, -0.2) is 30.6 Å². The normalized spacial score (nSPS) is 12.0. The first-order valence-electron chi connectivity index (χ1n) is 9.43. The summed E-state index contributed by atoms with van der Waals surface area (Å²) >= 11 is 0. The standard InChI is InChI=1S/C21H19FN6O2/c1-3-18-26-21(30-27-18)15-8-9-23-19(10-15)28-11-17(24-12-28)20(29)25-13(2)14-4-6-16(22)7-5-14/h4-13H,3H2,1-2H3,(H,25,29)/t13-/m0/s1. The summed E-state index contributed by atoms with van der Waals surface area (Å²) < 4.78 is 20.0. The molecule has 0 saturated heterocycles. The summed E-state index contributed by atoms with van der Waals surface area (Å²) in [5, 5.41) is 6.75. The number of nitrogens with zero attached hydrogens (tertiary/aromatic N) is 5. The number of imidazole rings is 1. The Balaban J connectivity index is 1.50. The number of nitrogens with one attached hydrogen (secondary N) is 1. The number of carbonyl (C=O) groups is 1. The molecular weight excluding hydrogens is 387 g/mol. The molecule has 3 aromatic heterocycles. The SMILES string of the molecule is CCc1noc(-c2ccnc(-n3cnc(C(=O)N[C@@H](C)c4ccc(F)cc4)c3)c2)n1. The van der Waals surface area contributed by atoms with Gasteiger partial charge in [0.1, 0.15) is 23.7 Å². The molecule has 0 aliphatic carbocycles. The fraction of sp³-hybridized carbons (Fsp3) is 0.190. The van der Waals surface area contributed by atoms with Gasteiger partial charge in [-0.05, 0) is 36.8 Å². The van der Waals surface area contributed by atoms with Crippen LogP contribution in [-0.2, 0) is 6.42 Å². The van der Waals surface area contributed by atoms with Crippen LogP contribution in [0.3, 0.4) is 0 Å². The van der Waals surface area contributed by atoms with Crippen molar-refractivity contribution in [2.75, 3.05) is 0 Å². The molecule has 1 aromatic carbocycles. The Bertz CT molecular complexity index is 1170. The van der Waals surface area contributed by atoms with E-state index in [9.17, 15) is 9.18 Å². The lowest BCUT2D eigenvalue weighted by Crippen LogP contribution is -2.26. The lowest BCUT2D eigenvalue weighted by atomic mass is 10.1. The van der Waals surface area contributed by atoms with E-state index in [-0.39, 0.29) is 23.5 Å². The average Bonchev–Trinajstić information content (AvgIpc) is 3.44. The summed E-state index contributed by atoms with van der Waals surface area (Å²) in [4.78, 5) is 25.4. The van der Waals surface area contributed by atoms with Crippen molar-refractivity contribution in [3.8, 4) is 17.3 Å². The van der Waals surface area contributed by atoms with Gasteiger partial charge in [0.05, 0.1) is 6.04 Å². The van der Waals surface area contributed by atoms with Gasteiger partial charge < -0.3 is 9.84 Å². The second-order valence-electron chi connectivity index (χ2n) is 6.68. The van der Waals surface area contributed by atoms with Crippen molar-refractivity contribution >= 4 is 5.91 Å². The second-order valence-corrected chi connectivity index (χ2v) is 6.68. The number of rotatable bonds is 6. The highest BCUT2D eigenvalue weighted by atomic mass is 19.1. The minimum absolute atomic E-state index is 0.238. The molecule has 1 amide bonds. The molecule has 4 rings (SSSR count). The van der Waals surface area contributed by atoms with Crippen molar-refractivity contribution in [1.82, 2.24) is 30.0 Å². The molecule has 0 unspecified atom stereocenters. The molecule has 0 radical (unpaired) electrons. The maximum Gasteiger partial charge on any atom is 0.271 e. The maximum absolute atomic E-state index is 13.1. The first-order chi connectivity index (χ1) is 14.5. The van der Waals surface area contributed by atoms with Crippen molar-refractivity contribution in [3.05, 3.63) is 78.0 Å². The van der Waals surface area contributed by atoms with E-state index >= 15 is 0 Å². The molecular formula is C21H19FN6O2. The lowest BCUT2D eigenvalue weighted by Gasteiger charge is -2.13. The molecule has 4 aromatic rings. The Labute approximate surface area is 171 Å². The summed E-state index contributed by atoms with van der Waals surface area (Å²) in [6.45, 7) is 3.77. The average molecular weight is 406 g/mol. The third-order valence-electron chi connectivity index (χ3n) is 4.57. The zero-order valence-electron chi connectivity index (χ0n) is 16.4. The fourth-order valence-corrected chi connectivity index (χ4v) is 2.88. The molecule has 0 saturated carbocycles. The van der Waals surface area contributed by atoms with E-state index in [2.05, 4.69) is 25.4 Å². The van der Waals surface area contributed by atoms with Gasteiger partial charge in [-0.1, -0.05) is 24.2 Å². The van der Waals surface area contributed by atoms with Crippen LogP contribution in [0.4, 0.5) is 4.39 Å². The van der Waals surface area contributed by atoms with Crippen LogP contribution < -0.4 is 5.32 Å². The van der Waals surface area contributed by atoms with Gasteiger partial charge in [-0.3, -0.25) is 9.36 Å². The number of hydrogen-bond acceptors (Lipinski definition) is 6. The van der Waals surface area contributed by atoms with Crippen molar-refractivity contribution in [2.24, 2.45) is 0 Å². The number of aromatic nitrogens is 5. The summed E-state index contributed by atoms with van der Waals surface area (Å²) in [6, 6.07) is 9.24. The van der Waals surface area contributed by atoms with E-state index in [1.54, 1.807) is 41.2 Å². The Kier molecular flexibility index (Phi) is 5.34. The van der Waals surface area contributed by atoms with Gasteiger partial charge in [-0.2, -0.15) is 4.98 Å². The van der Waals surface area contributed by atoms with Gasteiger partial charge in [-0.25, -0.2) is 14.4 Å². The van der Waals surface area contributed by atoms with Crippen LogP contribution in [0.15, 0.2) is 59.6 Å². The molecule has 0 spiro atoms. The van der Waals surface area contributed by atoms with E-state index in [4.69, 9.17) is 4.52 Å². The fourth-order valence-electron chi connectivity index (χ4n) is 2.88. The third-order valence-corrected chi connectivity index (χ3v) is 4.57. The maximum atomic E-state index is 13.1. The van der Waals surface area contributed by atoms with Gasteiger partial charge in [0, 0.05) is 24.4 Å². The highest BCUT2D eigenvalue weighted by Gasteiger charge is 2.15. The van der Waals surface area contributed by atoms with Gasteiger partial charge in [-0.15, -0.1) is 0 Å². The number of pyridine rings is 1. The second kappa shape index (κ2) is 8.24. The minimum Gasteiger partial charge on any atom is -0.344 e. The predicted molar refractivity (Wildman–Crippen MR) is 106 cm³/mol. The predicted octanol–water partition coefficient (Wildman–Crippen LogP) is 3.51. The van der Waals surface area contributed by atoms with Crippen molar-refractivity contribution in [2.45, 2.75) is 26.3 Å². The number of benzene rings is 1. The molecule has 1 N–H and O–H groups in total. The Morgan fingerprint density at radius 2 is 2.03 bits per heavy atom. The molecule has 30 heavy (non-hydrogen) atoms. The summed E-state index contributed by atoms with van der Waals surface area (Å²) in [6.07, 6.45) is 5.40. The zero-order chi connectivity index (χ0) is 21.1. The number of halogens is 1. The van der Waals surface area contributed by atoms with Gasteiger partial charge in [0.25, 0.3) is 11.8 Å². The summed E-state index contributed by atoms with van der Waals surface area (Å²) in [5.41, 5.74) is 1.75. The largest absolute Gasteiger partial charge is 0.344 e. The molecule has 0 bridgehead atoms. The highest BCUT2D eigenvalue weighted by molar-refractivity contribution is 5.92. The molecule has 0 aliphatic heterocycles. The van der Waals surface area contributed by atoms with E-state index in [0.717, 1.165) is 11.1 Å². The van der Waals surface area contributed by atoms with Gasteiger partial charge in [0.2, 0.25) is 0 Å². The van der Waals surface area contributed by atoms with Crippen molar-refractivity contribution in [3.63, 3.8) is 0 Å². The highest BCUT2D eigenvalue weighted by Crippen LogP contribution is 2.19. The number of hydrogen-bond donors (Lipinski definition) is 1. The van der Waals surface area contributed by atoms with Crippen LogP contribution in [0.5, 0.6) is 0 Å². The molecule has 0 fully saturated rings. The number of amides is 1. The molecule has 9 heteroatoms. The van der Waals surface area contributed by atoms with Crippen LogP contribution in [0.1, 0.15) is 41.8 Å². The first-order valence-corrected chi connectivity index (χ1v) is 9.43. The zero-order valence-corrected chi connectivity index (χ0v) is 16.4. The number of aryl methyl sites for hydroxylation is 1. The minimum atomic E-state index is -0.341. The Morgan fingerprint density at radius 1 is 1.23 bits per heavy atom. The van der Waals surface area contributed by atoms with Crippen molar-refractivity contribution in [1.29, 1.82) is 0 Å². The Hall–Kier alpha value is -3.88. The first kappa shape index (κ1) is 19.4. The monoisotopic (exact) mass is 406 g/mol. The van der Waals surface area contributed by atoms with E-state index in [1.807, 2.05) is 13.8 Å². The number of carbonyl (C=O) groups excluding carboxylic acids is 1. The topological polar surface area (TPSA) is 98.7 Å². The van der Waals surface area contributed by atoms with Crippen LogP contribution in [0.25, 0.3) is 17.3 Å². The summed E-state index contributed by atoms with van der Waals surface area (Å²) in [5.74, 6) is 0.923. The van der Waals surface area contributed by atoms with E-state index < -0.39 is 0 Å². The molecule has 0 aliphatic rings.